The number of benzene rings is 2. The second-order valence-electron chi connectivity index (χ2n) is 7.02. The van der Waals surface area contributed by atoms with Gasteiger partial charge in [-0.05, 0) is 55.8 Å². The molecule has 3 aromatic rings. The van der Waals surface area contributed by atoms with Crippen LogP contribution >= 0.6 is 0 Å². The van der Waals surface area contributed by atoms with Gasteiger partial charge in [-0.25, -0.2) is 0 Å². The molecule has 0 saturated carbocycles. The Balaban J connectivity index is 1.52. The second-order valence-corrected chi connectivity index (χ2v) is 7.02. The Morgan fingerprint density at radius 3 is 2.45 bits per heavy atom. The van der Waals surface area contributed by atoms with E-state index in [0.717, 1.165) is 5.56 Å². The molecule has 7 nitrogen and oxygen atoms in total. The van der Waals surface area contributed by atoms with Gasteiger partial charge in [-0.2, -0.15) is 0 Å². The van der Waals surface area contributed by atoms with Gasteiger partial charge in [-0.3, -0.25) is 14.4 Å². The molecule has 0 aliphatic carbocycles. The second kappa shape index (κ2) is 10.2. The zero-order chi connectivity index (χ0) is 22.2. The van der Waals surface area contributed by atoms with Gasteiger partial charge in [0.2, 0.25) is 0 Å². The first-order valence-electron chi connectivity index (χ1n) is 9.87. The molecule has 2 amide bonds. The fraction of sp³-hybridized carbons (Fsp3) is 0.208. The van der Waals surface area contributed by atoms with E-state index in [4.69, 9.17) is 9.15 Å². The van der Waals surface area contributed by atoms with E-state index in [0.29, 0.717) is 29.2 Å². The molecule has 31 heavy (non-hydrogen) atoms. The van der Waals surface area contributed by atoms with Gasteiger partial charge in [0.15, 0.2) is 11.9 Å². The van der Waals surface area contributed by atoms with Gasteiger partial charge < -0.3 is 19.8 Å². The van der Waals surface area contributed by atoms with Gasteiger partial charge in [0.1, 0.15) is 11.5 Å². The minimum Gasteiger partial charge on any atom is -0.481 e. The van der Waals surface area contributed by atoms with Crippen LogP contribution in [0.1, 0.15) is 45.9 Å². The fourth-order valence-corrected chi connectivity index (χ4v) is 2.88. The van der Waals surface area contributed by atoms with Crippen molar-refractivity contribution in [2.24, 2.45) is 0 Å². The topological polar surface area (TPSA) is 97.6 Å². The van der Waals surface area contributed by atoms with Crippen molar-refractivity contribution in [1.29, 1.82) is 0 Å². The van der Waals surface area contributed by atoms with Gasteiger partial charge in [0.05, 0.1) is 12.8 Å². The molecule has 0 saturated heterocycles. The van der Waals surface area contributed by atoms with Gasteiger partial charge in [-0.1, -0.05) is 24.3 Å². The van der Waals surface area contributed by atoms with E-state index < -0.39 is 6.10 Å². The lowest BCUT2D eigenvalue weighted by Gasteiger charge is -2.15. The highest BCUT2D eigenvalue weighted by molar-refractivity contribution is 5.94. The summed E-state index contributed by atoms with van der Waals surface area (Å²) in [7, 11) is 0. The Morgan fingerprint density at radius 2 is 1.71 bits per heavy atom. The van der Waals surface area contributed by atoms with Gasteiger partial charge in [-0.15, -0.1) is 0 Å². The molecule has 2 aromatic carbocycles. The Morgan fingerprint density at radius 1 is 0.935 bits per heavy atom. The molecule has 1 atom stereocenters. The normalized spacial score (nSPS) is 11.4. The molecule has 0 spiro atoms. The Kier molecular flexibility index (Phi) is 7.22. The number of amides is 2. The maximum Gasteiger partial charge on any atom is 0.261 e. The zero-order valence-electron chi connectivity index (χ0n) is 17.4. The predicted molar refractivity (Wildman–Crippen MR) is 115 cm³/mol. The SMILES string of the molecule is CC(=O)c1cccc(OC(C)C(=O)NCc2cccc(C(=O)NCc3ccco3)c2)c1. The number of hydrogen-bond donors (Lipinski definition) is 2. The molecular weight excluding hydrogens is 396 g/mol. The van der Waals surface area contributed by atoms with E-state index in [9.17, 15) is 14.4 Å². The first-order chi connectivity index (χ1) is 14.9. The molecule has 0 aliphatic heterocycles. The third-order valence-electron chi connectivity index (χ3n) is 4.58. The van der Waals surface area contributed by atoms with E-state index in [-0.39, 0.29) is 24.1 Å². The number of carbonyl (C=O) groups excluding carboxylic acids is 3. The first kappa shape index (κ1) is 21.8. The molecule has 1 aromatic heterocycles. The van der Waals surface area contributed by atoms with E-state index in [2.05, 4.69) is 10.6 Å². The predicted octanol–water partition coefficient (Wildman–Crippen LogP) is 3.50. The van der Waals surface area contributed by atoms with Crippen LogP contribution in [0.5, 0.6) is 5.75 Å². The third-order valence-corrected chi connectivity index (χ3v) is 4.58. The summed E-state index contributed by atoms with van der Waals surface area (Å²) in [4.78, 5) is 36.2. The van der Waals surface area contributed by atoms with Crippen LogP contribution < -0.4 is 15.4 Å². The van der Waals surface area contributed by atoms with Crippen molar-refractivity contribution in [1.82, 2.24) is 10.6 Å². The first-order valence-corrected chi connectivity index (χ1v) is 9.87. The summed E-state index contributed by atoms with van der Waals surface area (Å²) >= 11 is 0. The van der Waals surface area contributed by atoms with Crippen LogP contribution in [0.15, 0.2) is 71.3 Å². The van der Waals surface area contributed by atoms with Gasteiger partial charge >= 0.3 is 0 Å². The van der Waals surface area contributed by atoms with Crippen molar-refractivity contribution < 1.29 is 23.5 Å². The van der Waals surface area contributed by atoms with Gasteiger partial charge in [0.25, 0.3) is 11.8 Å². The highest BCUT2D eigenvalue weighted by Crippen LogP contribution is 2.15. The highest BCUT2D eigenvalue weighted by Gasteiger charge is 2.15. The molecule has 0 bridgehead atoms. The summed E-state index contributed by atoms with van der Waals surface area (Å²) in [5.41, 5.74) is 1.79. The lowest BCUT2D eigenvalue weighted by atomic mass is 10.1. The monoisotopic (exact) mass is 420 g/mol. The summed E-state index contributed by atoms with van der Waals surface area (Å²) < 4.78 is 10.8. The summed E-state index contributed by atoms with van der Waals surface area (Å²) in [5.74, 6) is 0.508. The molecule has 160 valence electrons. The Bertz CT molecular complexity index is 1060. The minimum atomic E-state index is -0.748. The Labute approximate surface area is 180 Å². The summed E-state index contributed by atoms with van der Waals surface area (Å²) in [6, 6.07) is 17.3. The number of carbonyl (C=O) groups is 3. The van der Waals surface area contributed by atoms with Gasteiger partial charge in [0, 0.05) is 17.7 Å². The number of nitrogens with one attached hydrogen (secondary N) is 2. The van der Waals surface area contributed by atoms with E-state index in [1.807, 2.05) is 6.07 Å². The van der Waals surface area contributed by atoms with Crippen molar-refractivity contribution in [2.45, 2.75) is 33.0 Å². The number of ether oxygens (including phenoxy) is 1. The molecule has 0 radical (unpaired) electrons. The zero-order valence-corrected chi connectivity index (χ0v) is 17.4. The third kappa shape index (κ3) is 6.30. The Hall–Kier alpha value is -3.87. The number of Topliss-reactive ketones (excluding diaryl/α,β-unsaturated/α-hetero) is 1. The van der Waals surface area contributed by atoms with Crippen molar-refractivity contribution in [3.05, 3.63) is 89.4 Å². The molecular formula is C24H24N2O5. The van der Waals surface area contributed by atoms with Crippen LogP contribution in [0.4, 0.5) is 0 Å². The number of hydrogen-bond acceptors (Lipinski definition) is 5. The molecule has 1 unspecified atom stereocenters. The summed E-state index contributed by atoms with van der Waals surface area (Å²) in [5, 5.41) is 5.59. The average molecular weight is 420 g/mol. The maximum atomic E-state index is 12.4. The molecule has 0 fully saturated rings. The van der Waals surface area contributed by atoms with Crippen LogP contribution in [0.25, 0.3) is 0 Å². The largest absolute Gasteiger partial charge is 0.481 e. The van der Waals surface area contributed by atoms with Crippen LogP contribution in [-0.4, -0.2) is 23.7 Å². The molecule has 0 aliphatic rings. The quantitative estimate of drug-likeness (QED) is 0.517. The van der Waals surface area contributed by atoms with Crippen LogP contribution in [0, 0.1) is 0 Å². The fourth-order valence-electron chi connectivity index (χ4n) is 2.88. The van der Waals surface area contributed by atoms with Crippen LogP contribution in [0.3, 0.4) is 0 Å². The molecule has 3 rings (SSSR count). The maximum absolute atomic E-state index is 12.4. The van der Waals surface area contributed by atoms with E-state index in [1.165, 1.54) is 6.92 Å². The highest BCUT2D eigenvalue weighted by atomic mass is 16.5. The van der Waals surface area contributed by atoms with Crippen molar-refractivity contribution in [3.8, 4) is 5.75 Å². The van der Waals surface area contributed by atoms with E-state index in [1.54, 1.807) is 67.8 Å². The average Bonchev–Trinajstić information content (AvgIpc) is 3.30. The minimum absolute atomic E-state index is 0.0735. The standard InChI is InChI=1S/C24H24N2O5/c1-16(27)19-7-4-9-21(13-19)31-17(2)23(28)25-14-18-6-3-8-20(12-18)24(29)26-15-22-10-5-11-30-22/h3-13,17H,14-15H2,1-2H3,(H,25,28)(H,26,29). The number of ketones is 1. The smallest absolute Gasteiger partial charge is 0.261 e. The summed E-state index contributed by atoms with van der Waals surface area (Å²) in [6.45, 7) is 3.65. The molecule has 1 heterocycles. The van der Waals surface area contributed by atoms with Crippen molar-refractivity contribution in [3.63, 3.8) is 0 Å². The lowest BCUT2D eigenvalue weighted by Crippen LogP contribution is -2.36. The summed E-state index contributed by atoms with van der Waals surface area (Å²) in [6.07, 6.45) is 0.803. The van der Waals surface area contributed by atoms with Crippen molar-refractivity contribution >= 4 is 17.6 Å². The number of rotatable bonds is 9. The van der Waals surface area contributed by atoms with E-state index >= 15 is 0 Å². The molecule has 2 N–H and O–H groups in total. The van der Waals surface area contributed by atoms with Crippen LogP contribution in [0.2, 0.25) is 0 Å². The lowest BCUT2D eigenvalue weighted by molar-refractivity contribution is -0.127. The van der Waals surface area contributed by atoms with Crippen molar-refractivity contribution in [2.75, 3.05) is 0 Å². The van der Waals surface area contributed by atoms with Crippen LogP contribution in [-0.2, 0) is 17.9 Å². The molecule has 7 heteroatoms. The number of furan rings is 1.